The van der Waals surface area contributed by atoms with Crippen LogP contribution in [0.2, 0.25) is 0 Å². The first-order valence-corrected chi connectivity index (χ1v) is 4.52. The summed E-state index contributed by atoms with van der Waals surface area (Å²) in [7, 11) is 0. The van der Waals surface area contributed by atoms with Crippen LogP contribution in [-0.2, 0) is 26.4 Å². The van der Waals surface area contributed by atoms with E-state index in [1.54, 1.807) is 11.8 Å². The van der Waals surface area contributed by atoms with Gasteiger partial charge in [-0.1, -0.05) is 0 Å². The molecule has 4 heteroatoms. The van der Waals surface area contributed by atoms with Crippen molar-refractivity contribution in [2.75, 3.05) is 12.5 Å². The molecule has 13 heavy (non-hydrogen) atoms. The molecule has 0 N–H and O–H groups in total. The number of rotatable bonds is 0. The molecule has 0 aliphatic heterocycles. The second-order valence-corrected chi connectivity index (χ2v) is 2.19. The minimum absolute atomic E-state index is 0. The SMILES string of the molecule is CSC.[C-]#[O+].[C-]#[O+].[Mn].c1cc[cH-]c1. The summed E-state index contributed by atoms with van der Waals surface area (Å²) in [5, 5.41) is 0. The van der Waals surface area contributed by atoms with Crippen molar-refractivity contribution >= 4 is 11.8 Å². The Morgan fingerprint density at radius 2 is 1.23 bits per heavy atom. The minimum Gasteiger partial charge on any atom is -0.214 e. The van der Waals surface area contributed by atoms with E-state index in [9.17, 15) is 0 Å². The van der Waals surface area contributed by atoms with Gasteiger partial charge in [0.1, 0.15) is 0 Å². The molecule has 0 spiro atoms. The van der Waals surface area contributed by atoms with Crippen molar-refractivity contribution in [1.82, 2.24) is 0 Å². The Labute approximate surface area is 94.4 Å². The van der Waals surface area contributed by atoms with Gasteiger partial charge in [0, 0.05) is 17.1 Å². The average Bonchev–Trinajstić information content (AvgIpc) is 2.69. The van der Waals surface area contributed by atoms with Crippen molar-refractivity contribution in [1.29, 1.82) is 0 Å². The maximum absolute atomic E-state index is 7.50. The quantitative estimate of drug-likeness (QED) is 0.388. The summed E-state index contributed by atoms with van der Waals surface area (Å²) in [4.78, 5) is 0. The van der Waals surface area contributed by atoms with E-state index in [4.69, 9.17) is 9.30 Å². The monoisotopic (exact) mass is 238 g/mol. The Bertz CT molecular complexity index is 135. The van der Waals surface area contributed by atoms with Gasteiger partial charge in [0.05, 0.1) is 0 Å². The Morgan fingerprint density at radius 1 is 1.00 bits per heavy atom. The molecule has 1 rings (SSSR count). The van der Waals surface area contributed by atoms with E-state index in [-0.39, 0.29) is 17.1 Å². The van der Waals surface area contributed by atoms with Crippen LogP contribution in [0.5, 0.6) is 0 Å². The van der Waals surface area contributed by atoms with Gasteiger partial charge >= 0.3 is 22.6 Å². The van der Waals surface area contributed by atoms with E-state index < -0.39 is 0 Å². The molecular formula is C9H11MnO2S-. The van der Waals surface area contributed by atoms with Crippen LogP contribution in [0.15, 0.2) is 30.3 Å². The molecular weight excluding hydrogens is 227 g/mol. The van der Waals surface area contributed by atoms with Gasteiger partial charge in [-0.25, -0.2) is 12.1 Å². The van der Waals surface area contributed by atoms with Gasteiger partial charge in [-0.15, -0.1) is 0 Å². The van der Waals surface area contributed by atoms with Crippen molar-refractivity contribution in [2.24, 2.45) is 0 Å². The standard InChI is InChI=1S/C5H5.C2H6S.2CO.Mn/c1-2-4-5-3-1;1-3-2;2*1-2;/h1-5H;1-2H3;;;/q-1;;;;. The third kappa shape index (κ3) is 49.8. The molecule has 0 bridgehead atoms. The maximum Gasteiger partial charge on any atom is 0 e. The molecule has 0 heterocycles. The van der Waals surface area contributed by atoms with E-state index >= 15 is 0 Å². The molecule has 0 atom stereocenters. The van der Waals surface area contributed by atoms with Gasteiger partial charge in [-0.05, 0) is 12.5 Å². The largest absolute Gasteiger partial charge is 0.214 e. The summed E-state index contributed by atoms with van der Waals surface area (Å²) in [6.45, 7) is 9.00. The van der Waals surface area contributed by atoms with Crippen LogP contribution in [0.4, 0.5) is 0 Å². The van der Waals surface area contributed by atoms with Crippen LogP contribution in [-0.4, -0.2) is 12.5 Å². The van der Waals surface area contributed by atoms with Crippen LogP contribution in [0.3, 0.4) is 0 Å². The van der Waals surface area contributed by atoms with E-state index in [2.05, 4.69) is 13.3 Å². The summed E-state index contributed by atoms with van der Waals surface area (Å²) in [6.07, 6.45) is 4.08. The molecule has 1 aromatic carbocycles. The topological polar surface area (TPSA) is 39.8 Å². The van der Waals surface area contributed by atoms with Crippen molar-refractivity contribution in [3.05, 3.63) is 43.6 Å². The first kappa shape index (κ1) is 23.0. The van der Waals surface area contributed by atoms with Crippen LogP contribution < -0.4 is 0 Å². The smallest absolute Gasteiger partial charge is 0 e. The van der Waals surface area contributed by atoms with Crippen LogP contribution in [0, 0.1) is 13.3 Å². The van der Waals surface area contributed by atoms with Crippen LogP contribution in [0.1, 0.15) is 0 Å². The molecule has 0 amide bonds. The van der Waals surface area contributed by atoms with E-state index in [0.29, 0.717) is 0 Å². The Kier molecular flexibility index (Phi) is 72.8. The first-order chi connectivity index (χ1) is 5.91. The molecule has 2 nitrogen and oxygen atoms in total. The summed E-state index contributed by atoms with van der Waals surface area (Å²) < 4.78 is 15.0. The fourth-order valence-corrected chi connectivity index (χ4v) is 0.321. The molecule has 0 aliphatic carbocycles. The van der Waals surface area contributed by atoms with E-state index in [0.717, 1.165) is 0 Å². The van der Waals surface area contributed by atoms with Crippen molar-refractivity contribution in [3.63, 3.8) is 0 Å². The molecule has 0 saturated carbocycles. The van der Waals surface area contributed by atoms with Gasteiger partial charge < -0.3 is 0 Å². The normalized spacial score (nSPS) is 4.77. The average molecular weight is 238 g/mol. The number of hydrogen-bond acceptors (Lipinski definition) is 1. The second kappa shape index (κ2) is 41.2. The van der Waals surface area contributed by atoms with Gasteiger partial charge in [0.2, 0.25) is 0 Å². The van der Waals surface area contributed by atoms with Gasteiger partial charge in [0.25, 0.3) is 0 Å². The van der Waals surface area contributed by atoms with Crippen molar-refractivity contribution < 1.29 is 26.4 Å². The fraction of sp³-hybridized carbons (Fsp3) is 0.222. The van der Waals surface area contributed by atoms with Crippen molar-refractivity contribution in [3.8, 4) is 0 Å². The van der Waals surface area contributed by atoms with Gasteiger partial charge in [-0.3, -0.25) is 0 Å². The molecule has 0 saturated heterocycles. The Hall–Kier alpha value is -0.301. The maximum atomic E-state index is 7.50. The minimum atomic E-state index is 0. The zero-order chi connectivity index (χ0) is 10.2. The van der Waals surface area contributed by atoms with Gasteiger partial charge in [-0.2, -0.15) is 30.0 Å². The third-order valence-electron chi connectivity index (χ3n) is 0.556. The second-order valence-electron chi connectivity index (χ2n) is 1.37. The number of thioether (sulfide) groups is 1. The summed E-state index contributed by atoms with van der Waals surface area (Å²) >= 11 is 1.75. The molecule has 1 radical (unpaired) electrons. The summed E-state index contributed by atoms with van der Waals surface area (Å²) in [5.74, 6) is 0. The summed E-state index contributed by atoms with van der Waals surface area (Å²) in [5.41, 5.74) is 0. The van der Waals surface area contributed by atoms with E-state index in [1.165, 1.54) is 0 Å². The van der Waals surface area contributed by atoms with Crippen molar-refractivity contribution in [2.45, 2.75) is 0 Å². The Morgan fingerprint density at radius 3 is 1.31 bits per heavy atom. The summed E-state index contributed by atoms with van der Waals surface area (Å²) in [6, 6.07) is 10.0. The molecule has 73 valence electrons. The molecule has 1 aromatic rings. The predicted octanol–water partition coefficient (Wildman–Crippen LogP) is 2.31. The number of hydrogen-bond donors (Lipinski definition) is 0. The molecule has 0 fully saturated rings. The van der Waals surface area contributed by atoms with Crippen LogP contribution >= 0.6 is 11.8 Å². The van der Waals surface area contributed by atoms with E-state index in [1.807, 2.05) is 42.8 Å². The predicted molar refractivity (Wildman–Crippen MR) is 49.3 cm³/mol. The third-order valence-corrected chi connectivity index (χ3v) is 0.556. The fourth-order valence-electron chi connectivity index (χ4n) is 0.321. The zero-order valence-corrected chi connectivity index (χ0v) is 9.49. The zero-order valence-electron chi connectivity index (χ0n) is 7.49. The molecule has 0 unspecified atom stereocenters. The van der Waals surface area contributed by atoms with Gasteiger partial charge in [0.15, 0.2) is 0 Å². The Balaban J connectivity index is -0.0000000453. The molecule has 0 aromatic heterocycles. The van der Waals surface area contributed by atoms with Crippen LogP contribution in [0.25, 0.3) is 0 Å². The molecule has 0 aliphatic rings. The first-order valence-electron chi connectivity index (χ1n) is 2.89.